The Morgan fingerprint density at radius 2 is 2.00 bits per heavy atom. The maximum atomic E-state index is 6.13. The van der Waals surface area contributed by atoms with Gasteiger partial charge in [0.1, 0.15) is 5.82 Å². The highest BCUT2D eigenvalue weighted by Crippen LogP contribution is 2.30. The van der Waals surface area contributed by atoms with E-state index in [9.17, 15) is 0 Å². The van der Waals surface area contributed by atoms with Gasteiger partial charge in [0.2, 0.25) is 0 Å². The molecule has 4 heteroatoms. The molecule has 2 aromatic carbocycles. The van der Waals surface area contributed by atoms with Crippen LogP contribution in [0.1, 0.15) is 12.5 Å². The summed E-state index contributed by atoms with van der Waals surface area (Å²) in [6.45, 7) is 5.05. The lowest BCUT2D eigenvalue weighted by atomic mass is 10.1. The Bertz CT molecular complexity index is 790. The van der Waals surface area contributed by atoms with Crippen molar-refractivity contribution in [3.63, 3.8) is 0 Å². The number of rotatable bonds is 2. The second kappa shape index (κ2) is 4.94. The van der Waals surface area contributed by atoms with Crippen LogP contribution >= 0.6 is 15.9 Å². The highest BCUT2D eigenvalue weighted by molar-refractivity contribution is 9.10. The average molecular weight is 330 g/mol. The normalized spacial score (nSPS) is 11.2. The highest BCUT2D eigenvalue weighted by Gasteiger charge is 2.14. The minimum absolute atomic E-state index is 0.764. The van der Waals surface area contributed by atoms with E-state index >= 15 is 0 Å². The molecule has 3 aromatic rings. The van der Waals surface area contributed by atoms with Gasteiger partial charge in [0.05, 0.1) is 11.0 Å². The van der Waals surface area contributed by atoms with Crippen LogP contribution in [-0.4, -0.2) is 9.55 Å². The fourth-order valence-corrected chi connectivity index (χ4v) is 2.84. The van der Waals surface area contributed by atoms with Crippen LogP contribution in [0, 0.1) is 6.92 Å². The number of fused-ring (bicyclic) bond motifs is 1. The molecule has 1 heterocycles. The molecule has 0 aliphatic rings. The van der Waals surface area contributed by atoms with Gasteiger partial charge in [-0.15, -0.1) is 0 Å². The summed E-state index contributed by atoms with van der Waals surface area (Å²) in [7, 11) is 0. The highest BCUT2D eigenvalue weighted by atomic mass is 79.9. The molecule has 0 saturated heterocycles. The largest absolute Gasteiger partial charge is 0.398 e. The van der Waals surface area contributed by atoms with Crippen molar-refractivity contribution >= 4 is 32.7 Å². The van der Waals surface area contributed by atoms with Crippen molar-refractivity contribution in [1.82, 2.24) is 9.55 Å². The van der Waals surface area contributed by atoms with Crippen molar-refractivity contribution in [2.45, 2.75) is 20.4 Å². The Hall–Kier alpha value is -1.81. The molecular formula is C16H16BrN3. The van der Waals surface area contributed by atoms with Gasteiger partial charge in [-0.25, -0.2) is 4.98 Å². The van der Waals surface area contributed by atoms with E-state index in [0.717, 1.165) is 39.1 Å². The van der Waals surface area contributed by atoms with Crippen LogP contribution < -0.4 is 5.73 Å². The predicted molar refractivity (Wildman–Crippen MR) is 87.7 cm³/mol. The van der Waals surface area contributed by atoms with E-state index in [4.69, 9.17) is 10.7 Å². The number of hydrogen-bond acceptors (Lipinski definition) is 2. The molecule has 0 aliphatic heterocycles. The molecule has 0 bridgehead atoms. The minimum atomic E-state index is 0.764. The zero-order valence-electron chi connectivity index (χ0n) is 11.5. The molecule has 0 fully saturated rings. The zero-order valence-corrected chi connectivity index (χ0v) is 13.1. The third-order valence-electron chi connectivity index (χ3n) is 3.48. The number of aromatic nitrogens is 2. The molecule has 0 unspecified atom stereocenters. The van der Waals surface area contributed by atoms with Crippen molar-refractivity contribution in [3.05, 3.63) is 46.4 Å². The lowest BCUT2D eigenvalue weighted by molar-refractivity contribution is 0.796. The van der Waals surface area contributed by atoms with E-state index in [2.05, 4.69) is 46.5 Å². The van der Waals surface area contributed by atoms with Crippen molar-refractivity contribution in [3.8, 4) is 11.4 Å². The summed E-state index contributed by atoms with van der Waals surface area (Å²) in [4.78, 5) is 4.77. The summed E-state index contributed by atoms with van der Waals surface area (Å²) in [5.74, 6) is 0.932. The monoisotopic (exact) mass is 329 g/mol. The zero-order chi connectivity index (χ0) is 14.3. The maximum Gasteiger partial charge on any atom is 0.143 e. The number of anilines is 1. The van der Waals surface area contributed by atoms with Crippen LogP contribution in [0.3, 0.4) is 0 Å². The number of nitrogen functional groups attached to an aromatic ring is 1. The van der Waals surface area contributed by atoms with E-state index in [1.165, 1.54) is 5.56 Å². The lowest BCUT2D eigenvalue weighted by Crippen LogP contribution is -2.00. The lowest BCUT2D eigenvalue weighted by Gasteiger charge is -2.09. The third-order valence-corrected chi connectivity index (χ3v) is 3.97. The van der Waals surface area contributed by atoms with Crippen LogP contribution in [0.15, 0.2) is 40.9 Å². The maximum absolute atomic E-state index is 6.13. The molecule has 0 spiro atoms. The second-order valence-electron chi connectivity index (χ2n) is 4.90. The van der Waals surface area contributed by atoms with Gasteiger partial charge in [-0.05, 0) is 44.2 Å². The van der Waals surface area contributed by atoms with E-state index in [0.29, 0.717) is 0 Å². The van der Waals surface area contributed by atoms with Crippen molar-refractivity contribution in [2.24, 2.45) is 0 Å². The molecule has 3 nitrogen and oxygen atoms in total. The number of imidazole rings is 1. The molecule has 0 aliphatic carbocycles. The minimum Gasteiger partial charge on any atom is -0.398 e. The molecule has 0 saturated carbocycles. The number of halogens is 1. The first kappa shape index (κ1) is 13.2. The fraction of sp³-hybridized carbons (Fsp3) is 0.188. The van der Waals surface area contributed by atoms with Gasteiger partial charge in [0.15, 0.2) is 0 Å². The van der Waals surface area contributed by atoms with Gasteiger partial charge < -0.3 is 10.3 Å². The van der Waals surface area contributed by atoms with Crippen LogP contribution in [-0.2, 0) is 6.54 Å². The summed E-state index contributed by atoms with van der Waals surface area (Å²) >= 11 is 3.50. The number of nitrogens with zero attached hydrogens (tertiary/aromatic N) is 2. The number of aryl methyl sites for hydroxylation is 2. The quantitative estimate of drug-likeness (QED) is 0.709. The van der Waals surface area contributed by atoms with Crippen molar-refractivity contribution in [2.75, 3.05) is 5.73 Å². The average Bonchev–Trinajstić information content (AvgIpc) is 2.78. The number of nitrogens with two attached hydrogens (primary N) is 1. The van der Waals surface area contributed by atoms with Gasteiger partial charge >= 0.3 is 0 Å². The summed E-state index contributed by atoms with van der Waals surface area (Å²) in [6, 6.07) is 12.2. The SMILES string of the molecule is CCn1c(-c2cc(C)ccc2N)nc2cc(Br)ccc21. The van der Waals surface area contributed by atoms with Gasteiger partial charge in [0, 0.05) is 22.3 Å². The van der Waals surface area contributed by atoms with E-state index in [1.54, 1.807) is 0 Å². The summed E-state index contributed by atoms with van der Waals surface area (Å²) in [5, 5.41) is 0. The Labute approximate surface area is 126 Å². The Balaban J connectivity index is 2.32. The first-order valence-corrected chi connectivity index (χ1v) is 7.41. The van der Waals surface area contributed by atoms with Crippen LogP contribution in [0.5, 0.6) is 0 Å². The van der Waals surface area contributed by atoms with E-state index < -0.39 is 0 Å². The number of benzene rings is 2. The third kappa shape index (κ3) is 2.10. The topological polar surface area (TPSA) is 43.8 Å². The summed E-state index contributed by atoms with van der Waals surface area (Å²) < 4.78 is 3.24. The van der Waals surface area contributed by atoms with Crippen molar-refractivity contribution in [1.29, 1.82) is 0 Å². The molecule has 102 valence electrons. The summed E-state index contributed by atoms with van der Waals surface area (Å²) in [5.41, 5.74) is 11.2. The van der Waals surface area contributed by atoms with Gasteiger partial charge in [0.25, 0.3) is 0 Å². The number of hydrogen-bond donors (Lipinski definition) is 1. The Kier molecular flexibility index (Phi) is 3.26. The van der Waals surface area contributed by atoms with Crippen molar-refractivity contribution < 1.29 is 0 Å². The molecule has 1 aromatic heterocycles. The molecule has 0 radical (unpaired) electrons. The molecule has 2 N–H and O–H groups in total. The molecule has 0 amide bonds. The molecule has 20 heavy (non-hydrogen) atoms. The predicted octanol–water partition coefficient (Wildman–Crippen LogP) is 4.38. The fourth-order valence-electron chi connectivity index (χ4n) is 2.49. The summed E-state index contributed by atoms with van der Waals surface area (Å²) in [6.07, 6.45) is 0. The van der Waals surface area contributed by atoms with Crippen LogP contribution in [0.2, 0.25) is 0 Å². The van der Waals surface area contributed by atoms with E-state index in [-0.39, 0.29) is 0 Å². The first-order chi connectivity index (χ1) is 9.60. The molecular weight excluding hydrogens is 314 g/mol. The molecule has 3 rings (SSSR count). The standard InChI is InChI=1S/C16H16BrN3/c1-3-20-15-7-5-11(17)9-14(15)19-16(20)12-8-10(2)4-6-13(12)18/h4-9H,3,18H2,1-2H3. The second-order valence-corrected chi connectivity index (χ2v) is 5.82. The van der Waals surface area contributed by atoms with Gasteiger partial charge in [-0.1, -0.05) is 27.6 Å². The van der Waals surface area contributed by atoms with E-state index in [1.807, 2.05) is 24.3 Å². The molecule has 0 atom stereocenters. The smallest absolute Gasteiger partial charge is 0.143 e. The Morgan fingerprint density at radius 3 is 2.75 bits per heavy atom. The Morgan fingerprint density at radius 1 is 1.20 bits per heavy atom. The van der Waals surface area contributed by atoms with Gasteiger partial charge in [-0.2, -0.15) is 0 Å². The van der Waals surface area contributed by atoms with Crippen LogP contribution in [0.25, 0.3) is 22.4 Å². The first-order valence-electron chi connectivity index (χ1n) is 6.62. The van der Waals surface area contributed by atoms with Gasteiger partial charge in [-0.3, -0.25) is 0 Å². The van der Waals surface area contributed by atoms with Crippen LogP contribution in [0.4, 0.5) is 5.69 Å².